The highest BCUT2D eigenvalue weighted by atomic mass is 19.1. The number of nitrogens with one attached hydrogen (secondary N) is 4. The second-order valence-corrected chi connectivity index (χ2v) is 20.4. The normalized spacial score (nSPS) is 20.6. The van der Waals surface area contributed by atoms with Gasteiger partial charge in [0.25, 0.3) is 0 Å². The second kappa shape index (κ2) is 19.5. The lowest BCUT2D eigenvalue weighted by atomic mass is 9.85. The van der Waals surface area contributed by atoms with E-state index < -0.39 is 35.1 Å². The van der Waals surface area contributed by atoms with Crippen molar-refractivity contribution in [1.29, 1.82) is 0 Å². The Morgan fingerprint density at radius 2 is 1.00 bits per heavy atom. The molecule has 68 heavy (non-hydrogen) atoms. The largest absolute Gasteiger partial charge is 0.453 e. The number of imidazole rings is 2. The molecular weight excluding hydrogens is 866 g/mol. The van der Waals surface area contributed by atoms with Crippen LogP contribution in [0.1, 0.15) is 127 Å². The minimum absolute atomic E-state index is 0.0249. The number of halogens is 1. The van der Waals surface area contributed by atoms with E-state index in [0.717, 1.165) is 77.9 Å². The summed E-state index contributed by atoms with van der Waals surface area (Å²) in [5, 5.41) is 5.49. The number of H-pyrrole nitrogens is 2. The monoisotopic (exact) mass is 929 g/mol. The molecule has 0 radical (unpaired) electrons. The van der Waals surface area contributed by atoms with Crippen LogP contribution >= 0.6 is 0 Å². The summed E-state index contributed by atoms with van der Waals surface area (Å²) in [4.78, 5) is 74.7. The summed E-state index contributed by atoms with van der Waals surface area (Å²) in [6.45, 7) is 12.6. The van der Waals surface area contributed by atoms with Gasteiger partial charge in [-0.2, -0.15) is 0 Å². The van der Waals surface area contributed by atoms with Crippen LogP contribution < -0.4 is 15.5 Å². The predicted octanol–water partition coefficient (Wildman–Crippen LogP) is 9.56. The van der Waals surface area contributed by atoms with Gasteiger partial charge in [0, 0.05) is 18.8 Å². The average Bonchev–Trinajstić information content (AvgIpc) is 4.18. The van der Waals surface area contributed by atoms with E-state index in [2.05, 4.69) is 74.0 Å². The third-order valence-corrected chi connectivity index (χ3v) is 13.7. The standard InChI is InChI=1S/C52H64FN9O6/c1-51(2,3)43(58-49(65)67-7)47(63)60-27-9-11-41(60)45-54-29-37(56-45)31-13-17-33(18-14-31)39-25-26-40(62(39)36-23-21-35(53)22-24-36)34-19-15-32(16-20-34)38-30-55-46(57-38)42-12-10-28-61(42)48(64)44(52(4,5)6)59-50(66)68-8/h13-24,29-30,39-44H,9-12,25-28H2,1-8H3,(H,54,56)(H,55,57)(H,58,65)(H,59,66)/t39-,40?,41-,42?,43+,44+/m0/s1. The van der Waals surface area contributed by atoms with E-state index in [4.69, 9.17) is 19.4 Å². The van der Waals surface area contributed by atoms with Crippen LogP contribution in [0.5, 0.6) is 0 Å². The lowest BCUT2D eigenvalue weighted by Crippen LogP contribution is -2.54. The van der Waals surface area contributed by atoms with Gasteiger partial charge in [-0.05, 0) is 95.9 Å². The van der Waals surface area contributed by atoms with E-state index >= 15 is 0 Å². The molecule has 4 amide bonds. The summed E-state index contributed by atoms with van der Waals surface area (Å²) in [5.41, 5.74) is 5.73. The third-order valence-electron chi connectivity index (χ3n) is 13.7. The number of rotatable bonds is 11. The van der Waals surface area contributed by atoms with Gasteiger partial charge in [-0.15, -0.1) is 0 Å². The first kappa shape index (κ1) is 47.8. The predicted molar refractivity (Wildman–Crippen MR) is 257 cm³/mol. The van der Waals surface area contributed by atoms with Gasteiger partial charge in [0.1, 0.15) is 29.5 Å². The van der Waals surface area contributed by atoms with Crippen LogP contribution in [0.4, 0.5) is 19.7 Å². The molecule has 360 valence electrons. The molecule has 2 unspecified atom stereocenters. The SMILES string of the molecule is COC(=O)N[C@H](C(=O)N1CCCC1c1ncc(-c2ccc(C3CC[C@@H](c4ccc(-c5cnc([C@@H]6CCCN6C(=O)[C@@H](NC(=O)OC)C(C)(C)C)[nH]5)cc4)N3c3ccc(F)cc3)cc2)[nH]1)C(C)(C)C. The number of alkyl carbamates (subject to hydrolysis) is 2. The summed E-state index contributed by atoms with van der Waals surface area (Å²) in [7, 11) is 2.58. The number of carbonyl (C=O) groups is 4. The van der Waals surface area contributed by atoms with Crippen LogP contribution in [0.2, 0.25) is 0 Å². The number of methoxy groups -OCH3 is 2. The first-order chi connectivity index (χ1) is 32.4. The Hall–Kier alpha value is -6.71. The highest BCUT2D eigenvalue weighted by molar-refractivity contribution is 5.88. The fourth-order valence-electron chi connectivity index (χ4n) is 10.1. The molecular formula is C52H64FN9O6. The molecule has 4 N–H and O–H groups in total. The Morgan fingerprint density at radius 1 is 0.603 bits per heavy atom. The number of nitrogens with zero attached hydrogens (tertiary/aromatic N) is 5. The number of ether oxygens (including phenoxy) is 2. The van der Waals surface area contributed by atoms with E-state index in [1.54, 1.807) is 0 Å². The topological polar surface area (TPSA) is 178 Å². The fourth-order valence-corrected chi connectivity index (χ4v) is 10.1. The third kappa shape index (κ3) is 9.95. The molecule has 3 aliphatic heterocycles. The number of benzene rings is 3. The van der Waals surface area contributed by atoms with Crippen LogP contribution in [0.3, 0.4) is 0 Å². The van der Waals surface area contributed by atoms with Crippen LogP contribution in [0.25, 0.3) is 22.5 Å². The average molecular weight is 930 g/mol. The van der Waals surface area contributed by atoms with Gasteiger partial charge >= 0.3 is 12.2 Å². The zero-order valence-corrected chi connectivity index (χ0v) is 40.3. The zero-order chi connectivity index (χ0) is 48.5. The zero-order valence-electron chi connectivity index (χ0n) is 40.3. The van der Waals surface area contributed by atoms with Gasteiger partial charge in [-0.25, -0.2) is 23.9 Å². The van der Waals surface area contributed by atoms with Gasteiger partial charge in [0.15, 0.2) is 0 Å². The van der Waals surface area contributed by atoms with Crippen molar-refractivity contribution in [2.45, 2.75) is 116 Å². The smallest absolute Gasteiger partial charge is 0.407 e. The van der Waals surface area contributed by atoms with Crippen molar-refractivity contribution in [2.75, 3.05) is 32.2 Å². The summed E-state index contributed by atoms with van der Waals surface area (Å²) in [6.07, 6.45) is 7.25. The van der Waals surface area contributed by atoms with Gasteiger partial charge in [-0.3, -0.25) is 9.59 Å². The fraction of sp³-hybridized carbons (Fsp3) is 0.462. The molecule has 3 aliphatic rings. The Labute approximate surface area is 397 Å². The molecule has 0 saturated carbocycles. The molecule has 6 atom stereocenters. The first-order valence-electron chi connectivity index (χ1n) is 23.6. The molecule has 2 aromatic heterocycles. The first-order valence-corrected chi connectivity index (χ1v) is 23.6. The number of carbonyl (C=O) groups excluding carboxylic acids is 4. The van der Waals surface area contributed by atoms with Crippen molar-refractivity contribution in [3.8, 4) is 22.5 Å². The summed E-state index contributed by atoms with van der Waals surface area (Å²) in [5.74, 6) is 0.784. The Kier molecular flexibility index (Phi) is 13.7. The Balaban J connectivity index is 0.979. The van der Waals surface area contributed by atoms with Crippen LogP contribution in [0, 0.1) is 16.6 Å². The minimum Gasteiger partial charge on any atom is -0.453 e. The number of hydrogen-bond donors (Lipinski definition) is 4. The molecule has 5 aromatic rings. The minimum atomic E-state index is -0.764. The van der Waals surface area contributed by atoms with Crippen molar-refractivity contribution in [3.05, 3.63) is 114 Å². The number of aromatic amines is 2. The highest BCUT2D eigenvalue weighted by Crippen LogP contribution is 2.47. The van der Waals surface area contributed by atoms with Gasteiger partial charge in [-0.1, -0.05) is 90.1 Å². The maximum atomic E-state index is 14.3. The molecule has 3 fully saturated rings. The van der Waals surface area contributed by atoms with Crippen LogP contribution in [-0.4, -0.2) is 93.1 Å². The molecule has 5 heterocycles. The quantitative estimate of drug-likeness (QED) is 0.100. The molecule has 0 bridgehead atoms. The van der Waals surface area contributed by atoms with E-state index in [-0.39, 0.29) is 41.8 Å². The highest BCUT2D eigenvalue weighted by Gasteiger charge is 2.43. The van der Waals surface area contributed by atoms with Gasteiger partial charge in [0.05, 0.1) is 62.2 Å². The number of likely N-dealkylation sites (tertiary alicyclic amines) is 2. The molecule has 8 rings (SSSR count). The molecule has 16 heteroatoms. The maximum absolute atomic E-state index is 14.3. The van der Waals surface area contributed by atoms with E-state index in [1.165, 1.54) is 26.4 Å². The number of anilines is 1. The molecule has 3 saturated heterocycles. The molecule has 0 aliphatic carbocycles. The Bertz CT molecular complexity index is 2420. The number of hydrogen-bond acceptors (Lipinski definition) is 9. The number of amides is 4. The van der Waals surface area contributed by atoms with Crippen molar-refractivity contribution < 1.29 is 33.0 Å². The lowest BCUT2D eigenvalue weighted by Gasteiger charge is -2.35. The summed E-state index contributed by atoms with van der Waals surface area (Å²) >= 11 is 0. The summed E-state index contributed by atoms with van der Waals surface area (Å²) < 4.78 is 24.0. The van der Waals surface area contributed by atoms with E-state index in [1.807, 2.05) is 75.9 Å². The van der Waals surface area contributed by atoms with Crippen molar-refractivity contribution in [1.82, 2.24) is 40.4 Å². The van der Waals surface area contributed by atoms with Gasteiger partial charge < -0.3 is 44.8 Å². The van der Waals surface area contributed by atoms with Gasteiger partial charge in [0.2, 0.25) is 11.8 Å². The van der Waals surface area contributed by atoms with E-state index in [0.29, 0.717) is 24.7 Å². The molecule has 15 nitrogen and oxygen atoms in total. The van der Waals surface area contributed by atoms with Crippen molar-refractivity contribution in [3.63, 3.8) is 0 Å². The lowest BCUT2D eigenvalue weighted by molar-refractivity contribution is -0.137. The van der Waals surface area contributed by atoms with Crippen LogP contribution in [-0.2, 0) is 19.1 Å². The Morgan fingerprint density at radius 3 is 1.37 bits per heavy atom. The van der Waals surface area contributed by atoms with Crippen molar-refractivity contribution >= 4 is 29.7 Å². The molecule has 3 aromatic carbocycles. The van der Waals surface area contributed by atoms with Crippen molar-refractivity contribution in [2.24, 2.45) is 10.8 Å². The number of aromatic nitrogens is 4. The second-order valence-electron chi connectivity index (χ2n) is 20.4. The maximum Gasteiger partial charge on any atom is 0.407 e. The van der Waals surface area contributed by atoms with E-state index in [9.17, 15) is 23.6 Å². The molecule has 0 spiro atoms. The van der Waals surface area contributed by atoms with Crippen LogP contribution in [0.15, 0.2) is 85.2 Å². The summed E-state index contributed by atoms with van der Waals surface area (Å²) in [6, 6.07) is 21.7.